The summed E-state index contributed by atoms with van der Waals surface area (Å²) in [5.74, 6) is -0.614. The van der Waals surface area contributed by atoms with E-state index in [4.69, 9.17) is 0 Å². The minimum atomic E-state index is -3.54. The smallest absolute Gasteiger partial charge is 0.243 e. The van der Waals surface area contributed by atoms with E-state index in [1.165, 1.54) is 16.4 Å². The Morgan fingerprint density at radius 1 is 1.18 bits per heavy atom. The van der Waals surface area contributed by atoms with Gasteiger partial charge in [0.25, 0.3) is 0 Å². The van der Waals surface area contributed by atoms with Gasteiger partial charge in [-0.15, -0.1) is 0 Å². The summed E-state index contributed by atoms with van der Waals surface area (Å²) >= 11 is 0. The van der Waals surface area contributed by atoms with Crippen LogP contribution in [0.25, 0.3) is 0 Å². The number of carbonyl (C=O) groups is 2. The average molecular weight is 410 g/mol. The molecule has 8 heteroatoms. The van der Waals surface area contributed by atoms with Crippen molar-refractivity contribution < 1.29 is 18.0 Å². The molecule has 1 saturated heterocycles. The van der Waals surface area contributed by atoms with Gasteiger partial charge in [0.1, 0.15) is 0 Å². The van der Waals surface area contributed by atoms with E-state index in [2.05, 4.69) is 5.32 Å². The number of rotatable bonds is 9. The highest BCUT2D eigenvalue weighted by Gasteiger charge is 2.35. The largest absolute Gasteiger partial charge is 0.339 e. The normalized spacial score (nSPS) is 17.6. The topological polar surface area (TPSA) is 86.8 Å². The zero-order valence-electron chi connectivity index (χ0n) is 17.1. The van der Waals surface area contributed by atoms with E-state index < -0.39 is 10.0 Å². The van der Waals surface area contributed by atoms with Crippen LogP contribution in [0.3, 0.4) is 0 Å². The van der Waals surface area contributed by atoms with Crippen molar-refractivity contribution in [2.24, 2.45) is 5.92 Å². The third kappa shape index (κ3) is 5.11. The summed E-state index contributed by atoms with van der Waals surface area (Å²) in [6.07, 6.45) is 1.71. The molecular formula is C20H31N3O4S. The van der Waals surface area contributed by atoms with Crippen LogP contribution in [0.4, 0.5) is 5.69 Å². The quantitative estimate of drug-likeness (QED) is 0.679. The number of carbonyl (C=O) groups excluding carboxylic acids is 2. The monoisotopic (exact) mass is 409 g/mol. The molecular weight excluding hydrogens is 378 g/mol. The zero-order valence-corrected chi connectivity index (χ0v) is 18.0. The molecule has 0 radical (unpaired) electrons. The van der Waals surface area contributed by atoms with Crippen molar-refractivity contribution in [1.82, 2.24) is 9.21 Å². The highest BCUT2D eigenvalue weighted by Crippen LogP contribution is 2.23. The van der Waals surface area contributed by atoms with Gasteiger partial charge < -0.3 is 10.2 Å². The molecule has 0 spiro atoms. The number of anilines is 1. The predicted octanol–water partition coefficient (Wildman–Crippen LogP) is 2.69. The second-order valence-electron chi connectivity index (χ2n) is 7.46. The number of benzene rings is 1. The van der Waals surface area contributed by atoms with Gasteiger partial charge in [-0.05, 0) is 51.0 Å². The summed E-state index contributed by atoms with van der Waals surface area (Å²) in [5, 5.41) is 2.80. The molecule has 0 aliphatic carbocycles. The van der Waals surface area contributed by atoms with Crippen molar-refractivity contribution in [3.8, 4) is 0 Å². The van der Waals surface area contributed by atoms with Crippen LogP contribution >= 0.6 is 0 Å². The third-order valence-corrected chi connectivity index (χ3v) is 6.77. The maximum Gasteiger partial charge on any atom is 0.243 e. The first-order valence-electron chi connectivity index (χ1n) is 9.91. The molecule has 2 rings (SSSR count). The van der Waals surface area contributed by atoms with E-state index in [9.17, 15) is 18.0 Å². The number of nitrogens with one attached hydrogen (secondary N) is 1. The molecule has 0 aromatic heterocycles. The van der Waals surface area contributed by atoms with Crippen molar-refractivity contribution in [3.05, 3.63) is 24.3 Å². The lowest BCUT2D eigenvalue weighted by Gasteiger charge is -2.21. The molecule has 2 amide bonds. The van der Waals surface area contributed by atoms with Crippen molar-refractivity contribution in [2.45, 2.75) is 57.9 Å². The van der Waals surface area contributed by atoms with Gasteiger partial charge in [0.05, 0.1) is 10.8 Å². The second kappa shape index (κ2) is 9.52. The van der Waals surface area contributed by atoms with Crippen LogP contribution in [0.15, 0.2) is 29.2 Å². The van der Waals surface area contributed by atoms with Gasteiger partial charge in [-0.2, -0.15) is 4.31 Å². The zero-order chi connectivity index (χ0) is 20.9. The van der Waals surface area contributed by atoms with E-state index >= 15 is 0 Å². The molecule has 0 saturated carbocycles. The predicted molar refractivity (Wildman–Crippen MR) is 109 cm³/mol. The number of hydrogen-bond acceptors (Lipinski definition) is 4. The van der Waals surface area contributed by atoms with Crippen molar-refractivity contribution >= 4 is 27.5 Å². The molecule has 28 heavy (non-hydrogen) atoms. The maximum absolute atomic E-state index is 12.8. The van der Waals surface area contributed by atoms with Gasteiger partial charge in [-0.3, -0.25) is 9.59 Å². The second-order valence-corrected chi connectivity index (χ2v) is 9.40. The molecule has 1 aliphatic rings. The van der Waals surface area contributed by atoms with E-state index in [1.807, 2.05) is 27.7 Å². The summed E-state index contributed by atoms with van der Waals surface area (Å²) in [6, 6.07) is 6.30. The van der Waals surface area contributed by atoms with Crippen molar-refractivity contribution in [2.75, 3.05) is 25.0 Å². The fourth-order valence-corrected chi connectivity index (χ4v) is 4.98. The van der Waals surface area contributed by atoms with Crippen LogP contribution in [-0.2, 0) is 19.6 Å². The molecule has 1 aliphatic heterocycles. The Labute approximate surface area is 168 Å². The van der Waals surface area contributed by atoms with Crippen LogP contribution in [0.1, 0.15) is 47.0 Å². The summed E-state index contributed by atoms with van der Waals surface area (Å²) in [6.45, 7) is 9.14. The van der Waals surface area contributed by atoms with E-state index in [1.54, 1.807) is 17.0 Å². The molecule has 1 aromatic rings. The van der Waals surface area contributed by atoms with E-state index in [0.29, 0.717) is 25.3 Å². The first-order chi connectivity index (χ1) is 13.2. The van der Waals surface area contributed by atoms with E-state index in [-0.39, 0.29) is 35.1 Å². The molecule has 7 nitrogen and oxygen atoms in total. The Morgan fingerprint density at radius 2 is 1.75 bits per heavy atom. The van der Waals surface area contributed by atoms with Gasteiger partial charge >= 0.3 is 0 Å². The van der Waals surface area contributed by atoms with E-state index in [0.717, 1.165) is 12.8 Å². The molecule has 1 fully saturated rings. The highest BCUT2D eigenvalue weighted by molar-refractivity contribution is 7.89. The minimum absolute atomic E-state index is 0.0106. The molecule has 0 bridgehead atoms. The number of nitrogens with zero attached hydrogens (tertiary/aromatic N) is 2. The fraction of sp³-hybridized carbons (Fsp3) is 0.600. The van der Waals surface area contributed by atoms with Gasteiger partial charge in [0.15, 0.2) is 0 Å². The fourth-order valence-electron chi connectivity index (χ4n) is 3.36. The van der Waals surface area contributed by atoms with Gasteiger partial charge in [0, 0.05) is 37.8 Å². The first kappa shape index (κ1) is 22.4. The Hall–Kier alpha value is -1.93. The average Bonchev–Trinajstić information content (AvgIpc) is 3.04. The Morgan fingerprint density at radius 3 is 2.21 bits per heavy atom. The van der Waals surface area contributed by atoms with Gasteiger partial charge in [-0.25, -0.2) is 8.42 Å². The molecule has 1 aromatic carbocycles. The van der Waals surface area contributed by atoms with Gasteiger partial charge in [-0.1, -0.05) is 13.8 Å². The van der Waals surface area contributed by atoms with Crippen LogP contribution in [0.5, 0.6) is 0 Å². The minimum Gasteiger partial charge on any atom is -0.339 e. The summed E-state index contributed by atoms with van der Waals surface area (Å²) in [7, 11) is -3.54. The SMILES string of the molecule is CCCN(CCC)S(=O)(=O)c1ccc(NC(=O)[C@@H]2CC(=O)N(C(C)C)C2)cc1. The van der Waals surface area contributed by atoms with Gasteiger partial charge in [0.2, 0.25) is 21.8 Å². The molecule has 156 valence electrons. The Kier molecular flexibility index (Phi) is 7.60. The Balaban J connectivity index is 2.06. The number of sulfonamides is 1. The molecule has 1 heterocycles. The lowest BCUT2D eigenvalue weighted by molar-refractivity contribution is -0.129. The number of likely N-dealkylation sites (tertiary alicyclic amines) is 1. The standard InChI is InChI=1S/C20H31N3O4S/c1-5-11-22(12-6-2)28(26,27)18-9-7-17(8-10-18)21-20(25)16-13-19(24)23(14-16)15(3)4/h7-10,15-16H,5-6,11-14H2,1-4H3,(H,21,25)/t16-/m1/s1. The molecule has 1 atom stereocenters. The number of amides is 2. The lowest BCUT2D eigenvalue weighted by atomic mass is 10.1. The Bertz CT molecular complexity index is 784. The van der Waals surface area contributed by atoms with Crippen LogP contribution in [-0.4, -0.2) is 55.1 Å². The van der Waals surface area contributed by atoms with Crippen LogP contribution < -0.4 is 5.32 Å². The van der Waals surface area contributed by atoms with Crippen molar-refractivity contribution in [3.63, 3.8) is 0 Å². The summed E-state index contributed by atoms with van der Waals surface area (Å²) in [5.41, 5.74) is 0.525. The maximum atomic E-state index is 12.8. The third-order valence-electron chi connectivity index (χ3n) is 4.86. The summed E-state index contributed by atoms with van der Waals surface area (Å²) < 4.78 is 27.1. The van der Waals surface area contributed by atoms with Crippen LogP contribution in [0.2, 0.25) is 0 Å². The lowest BCUT2D eigenvalue weighted by Crippen LogP contribution is -2.33. The number of hydrogen-bond donors (Lipinski definition) is 1. The van der Waals surface area contributed by atoms with Crippen LogP contribution in [0, 0.1) is 5.92 Å². The summed E-state index contributed by atoms with van der Waals surface area (Å²) in [4.78, 5) is 26.4. The molecule has 1 N–H and O–H groups in total. The highest BCUT2D eigenvalue weighted by atomic mass is 32.2. The molecule has 0 unspecified atom stereocenters. The first-order valence-corrected chi connectivity index (χ1v) is 11.3. The van der Waals surface area contributed by atoms with Crippen molar-refractivity contribution in [1.29, 1.82) is 0 Å².